The van der Waals surface area contributed by atoms with Crippen LogP contribution in [0, 0.1) is 0 Å². The maximum absolute atomic E-state index is 6.43. The van der Waals surface area contributed by atoms with Gasteiger partial charge in [-0.1, -0.05) is 133 Å². The molecule has 208 valence electrons. The van der Waals surface area contributed by atoms with Crippen molar-refractivity contribution in [3.63, 3.8) is 0 Å². The average Bonchev–Trinajstić information content (AvgIpc) is 3.49. The van der Waals surface area contributed by atoms with Crippen LogP contribution in [0.15, 0.2) is 180 Å². The van der Waals surface area contributed by atoms with Gasteiger partial charge in [-0.3, -0.25) is 0 Å². The first-order chi connectivity index (χ1) is 21.8. The van der Waals surface area contributed by atoms with Crippen LogP contribution in [0.1, 0.15) is 0 Å². The molecule has 0 aliphatic heterocycles. The van der Waals surface area contributed by atoms with E-state index in [9.17, 15) is 0 Å². The maximum atomic E-state index is 6.43. The third-order valence-corrected chi connectivity index (χ3v) is 8.29. The van der Waals surface area contributed by atoms with E-state index >= 15 is 0 Å². The molecule has 2 nitrogen and oxygen atoms in total. The van der Waals surface area contributed by atoms with E-state index in [4.69, 9.17) is 4.42 Å². The quantitative estimate of drug-likeness (QED) is 0.200. The fourth-order valence-corrected chi connectivity index (χ4v) is 6.16. The lowest BCUT2D eigenvalue weighted by molar-refractivity contribution is 0.669. The third kappa shape index (κ3) is 4.63. The zero-order valence-electron chi connectivity index (χ0n) is 24.1. The van der Waals surface area contributed by atoms with Crippen molar-refractivity contribution in [1.82, 2.24) is 0 Å². The van der Waals surface area contributed by atoms with E-state index < -0.39 is 0 Å². The molecule has 0 atom stereocenters. The molecule has 0 saturated heterocycles. The Morgan fingerprint density at radius 2 is 0.795 bits per heavy atom. The predicted octanol–water partition coefficient (Wildman–Crippen LogP) is 12.1. The summed E-state index contributed by atoms with van der Waals surface area (Å²) in [7, 11) is 0. The SMILES string of the molecule is c1ccc(-c2ccc(N(c3ccc(-c4ccccc4)cc3)c3c(-c4ccccc4)ccc4oc5ccccc5c34)cc2)cc1. The van der Waals surface area contributed by atoms with Crippen molar-refractivity contribution in [2.24, 2.45) is 0 Å². The minimum absolute atomic E-state index is 0.868. The fraction of sp³-hybridized carbons (Fsp3) is 0. The number of furan rings is 1. The third-order valence-electron chi connectivity index (χ3n) is 8.29. The fourth-order valence-electron chi connectivity index (χ4n) is 6.16. The summed E-state index contributed by atoms with van der Waals surface area (Å²) in [5, 5.41) is 2.20. The number of hydrogen-bond acceptors (Lipinski definition) is 2. The second-order valence-corrected chi connectivity index (χ2v) is 11.0. The van der Waals surface area contributed by atoms with Gasteiger partial charge in [-0.05, 0) is 70.3 Å². The highest BCUT2D eigenvalue weighted by molar-refractivity contribution is 6.17. The Kier molecular flexibility index (Phi) is 6.51. The van der Waals surface area contributed by atoms with Crippen LogP contribution in [-0.4, -0.2) is 0 Å². The van der Waals surface area contributed by atoms with Gasteiger partial charge in [-0.15, -0.1) is 0 Å². The first kappa shape index (κ1) is 25.8. The molecule has 0 aliphatic carbocycles. The normalized spacial score (nSPS) is 11.2. The van der Waals surface area contributed by atoms with Gasteiger partial charge in [0.15, 0.2) is 0 Å². The summed E-state index contributed by atoms with van der Waals surface area (Å²) in [6.45, 7) is 0. The van der Waals surface area contributed by atoms with E-state index in [1.54, 1.807) is 0 Å². The summed E-state index contributed by atoms with van der Waals surface area (Å²) >= 11 is 0. The minimum Gasteiger partial charge on any atom is -0.456 e. The van der Waals surface area contributed by atoms with Crippen molar-refractivity contribution < 1.29 is 4.42 Å². The Bertz CT molecular complexity index is 2100. The van der Waals surface area contributed by atoms with E-state index in [1.165, 1.54) is 22.3 Å². The average molecular weight is 564 g/mol. The van der Waals surface area contributed by atoms with Crippen LogP contribution in [0.25, 0.3) is 55.3 Å². The van der Waals surface area contributed by atoms with Gasteiger partial charge in [0.25, 0.3) is 0 Å². The van der Waals surface area contributed by atoms with Gasteiger partial charge in [-0.25, -0.2) is 0 Å². The second-order valence-electron chi connectivity index (χ2n) is 11.0. The first-order valence-electron chi connectivity index (χ1n) is 14.9. The van der Waals surface area contributed by atoms with Gasteiger partial charge in [0.2, 0.25) is 0 Å². The molecule has 0 spiro atoms. The van der Waals surface area contributed by atoms with E-state index in [0.29, 0.717) is 0 Å². The van der Waals surface area contributed by atoms with Crippen LogP contribution < -0.4 is 4.90 Å². The lowest BCUT2D eigenvalue weighted by Gasteiger charge is -2.29. The molecule has 2 heteroatoms. The highest BCUT2D eigenvalue weighted by Gasteiger charge is 2.23. The molecular formula is C42H29NO. The second kappa shape index (κ2) is 11.1. The Labute approximate surface area is 257 Å². The Balaban J connectivity index is 1.39. The molecule has 44 heavy (non-hydrogen) atoms. The van der Waals surface area contributed by atoms with Gasteiger partial charge < -0.3 is 9.32 Å². The van der Waals surface area contributed by atoms with Crippen LogP contribution in [-0.2, 0) is 0 Å². The summed E-state index contributed by atoms with van der Waals surface area (Å²) in [6.07, 6.45) is 0. The van der Waals surface area contributed by atoms with Gasteiger partial charge in [-0.2, -0.15) is 0 Å². The number of rotatable bonds is 6. The summed E-state index contributed by atoms with van der Waals surface area (Å²) in [5.41, 5.74) is 12.1. The van der Waals surface area contributed by atoms with Gasteiger partial charge >= 0.3 is 0 Å². The van der Waals surface area contributed by atoms with E-state index in [2.05, 4.69) is 175 Å². The highest BCUT2D eigenvalue weighted by atomic mass is 16.3. The van der Waals surface area contributed by atoms with Crippen molar-refractivity contribution >= 4 is 39.0 Å². The van der Waals surface area contributed by atoms with E-state index in [0.717, 1.165) is 50.1 Å². The van der Waals surface area contributed by atoms with Crippen molar-refractivity contribution in [2.45, 2.75) is 0 Å². The zero-order chi connectivity index (χ0) is 29.3. The Morgan fingerprint density at radius 1 is 0.341 bits per heavy atom. The van der Waals surface area contributed by atoms with E-state index in [1.807, 2.05) is 6.07 Å². The Hall–Kier alpha value is -5.86. The molecule has 1 aromatic heterocycles. The molecule has 0 N–H and O–H groups in total. The Morgan fingerprint density at radius 3 is 1.34 bits per heavy atom. The van der Waals surface area contributed by atoms with Gasteiger partial charge in [0, 0.05) is 22.3 Å². The monoisotopic (exact) mass is 563 g/mol. The predicted molar refractivity (Wildman–Crippen MR) is 185 cm³/mol. The summed E-state index contributed by atoms with van der Waals surface area (Å²) < 4.78 is 6.43. The highest BCUT2D eigenvalue weighted by Crippen LogP contribution is 2.48. The number of nitrogens with zero attached hydrogens (tertiary/aromatic N) is 1. The van der Waals surface area contributed by atoms with Crippen molar-refractivity contribution in [3.05, 3.63) is 176 Å². The molecule has 7 aromatic carbocycles. The molecule has 8 rings (SSSR count). The molecule has 0 amide bonds. The molecule has 0 unspecified atom stereocenters. The van der Waals surface area contributed by atoms with Crippen LogP contribution in [0.4, 0.5) is 17.1 Å². The molecule has 0 bridgehead atoms. The number of para-hydroxylation sites is 1. The van der Waals surface area contributed by atoms with Crippen molar-refractivity contribution in [1.29, 1.82) is 0 Å². The van der Waals surface area contributed by atoms with Crippen LogP contribution in [0.5, 0.6) is 0 Å². The summed E-state index contributed by atoms with van der Waals surface area (Å²) in [4.78, 5) is 2.39. The maximum Gasteiger partial charge on any atom is 0.137 e. The minimum atomic E-state index is 0.868. The van der Waals surface area contributed by atoms with Crippen molar-refractivity contribution in [3.8, 4) is 33.4 Å². The van der Waals surface area contributed by atoms with E-state index in [-0.39, 0.29) is 0 Å². The summed E-state index contributed by atoms with van der Waals surface area (Å²) in [6, 6.07) is 62.1. The molecular weight excluding hydrogens is 534 g/mol. The topological polar surface area (TPSA) is 16.4 Å². The molecule has 1 heterocycles. The molecule has 8 aromatic rings. The van der Waals surface area contributed by atoms with Gasteiger partial charge in [0.05, 0.1) is 11.1 Å². The number of anilines is 3. The first-order valence-corrected chi connectivity index (χ1v) is 14.9. The smallest absolute Gasteiger partial charge is 0.137 e. The number of benzene rings is 7. The van der Waals surface area contributed by atoms with Crippen molar-refractivity contribution in [2.75, 3.05) is 4.90 Å². The lowest BCUT2D eigenvalue weighted by atomic mass is 9.97. The summed E-state index contributed by atoms with van der Waals surface area (Å²) in [5.74, 6) is 0. The zero-order valence-corrected chi connectivity index (χ0v) is 24.1. The number of fused-ring (bicyclic) bond motifs is 3. The van der Waals surface area contributed by atoms with Crippen LogP contribution in [0.2, 0.25) is 0 Å². The molecule has 0 radical (unpaired) electrons. The number of hydrogen-bond donors (Lipinski definition) is 0. The van der Waals surface area contributed by atoms with Crippen LogP contribution >= 0.6 is 0 Å². The van der Waals surface area contributed by atoms with Crippen LogP contribution in [0.3, 0.4) is 0 Å². The molecule has 0 aliphatic rings. The largest absolute Gasteiger partial charge is 0.456 e. The van der Waals surface area contributed by atoms with Gasteiger partial charge in [0.1, 0.15) is 11.2 Å². The molecule has 0 fully saturated rings. The lowest BCUT2D eigenvalue weighted by Crippen LogP contribution is -2.11. The standard InChI is InChI=1S/C42H29NO/c1-4-12-30(13-5-1)32-20-24-35(25-21-32)43(36-26-22-33(23-27-36)31-14-6-2-7-15-31)42-37(34-16-8-3-9-17-34)28-29-40-41(42)38-18-10-11-19-39(38)44-40/h1-29H. The molecule has 0 saturated carbocycles.